The second-order valence-electron chi connectivity index (χ2n) is 4.39. The number of carboxylic acid groups (broad SMARTS) is 1. The van der Waals surface area contributed by atoms with Crippen molar-refractivity contribution in [2.45, 2.75) is 23.2 Å². The molecule has 20 heavy (non-hydrogen) atoms. The Morgan fingerprint density at radius 2 is 2.05 bits per heavy atom. The van der Waals surface area contributed by atoms with Crippen molar-refractivity contribution in [1.82, 2.24) is 5.32 Å². The molecule has 0 bridgehead atoms. The van der Waals surface area contributed by atoms with Gasteiger partial charge in [-0.3, -0.25) is 10.1 Å². The first-order valence-electron chi connectivity index (χ1n) is 6.32. The summed E-state index contributed by atoms with van der Waals surface area (Å²) in [6.45, 7) is 0.592. The molecule has 2 rings (SSSR count). The van der Waals surface area contributed by atoms with Crippen LogP contribution in [-0.2, 0) is 17.8 Å². The summed E-state index contributed by atoms with van der Waals surface area (Å²) < 4.78 is 1.25. The van der Waals surface area contributed by atoms with Crippen LogP contribution in [0.5, 0.6) is 0 Å². The number of nitrogens with one attached hydrogen (secondary N) is 1. The number of aliphatic carboxylic acids is 1. The second-order valence-corrected chi connectivity index (χ2v) is 6.66. The van der Waals surface area contributed by atoms with Crippen molar-refractivity contribution in [3.8, 4) is 0 Å². The summed E-state index contributed by atoms with van der Waals surface area (Å²) in [7, 11) is 0. The summed E-state index contributed by atoms with van der Waals surface area (Å²) in [5.41, 5.74) is 1.03. The molecule has 1 atom stereocenters. The van der Waals surface area contributed by atoms with Gasteiger partial charge in [-0.25, -0.2) is 0 Å². The number of carboxylic acids is 1. The molecule has 1 aromatic carbocycles. The molecule has 0 aliphatic heterocycles. The normalized spacial score (nSPS) is 12.2. The molecule has 0 saturated heterocycles. The third-order valence-electron chi connectivity index (χ3n) is 2.94. The number of rotatable bonds is 7. The molecule has 5 heteroatoms. The topological polar surface area (TPSA) is 49.3 Å². The lowest BCUT2D eigenvalue weighted by Crippen LogP contribution is -2.37. The summed E-state index contributed by atoms with van der Waals surface area (Å²) in [5, 5.41) is 12.4. The molecule has 2 N–H and O–H groups in total. The molecule has 0 fully saturated rings. The van der Waals surface area contributed by atoms with Crippen LogP contribution >= 0.6 is 23.1 Å². The lowest BCUT2D eigenvalue weighted by atomic mass is 10.1. The van der Waals surface area contributed by atoms with E-state index in [-0.39, 0.29) is 0 Å². The molecule has 1 heterocycles. The fourth-order valence-corrected chi connectivity index (χ4v) is 3.43. The zero-order valence-corrected chi connectivity index (χ0v) is 12.8. The quantitative estimate of drug-likeness (QED) is 0.771. The van der Waals surface area contributed by atoms with Gasteiger partial charge in [-0.1, -0.05) is 30.3 Å². The minimum absolute atomic E-state index is 0.497. The van der Waals surface area contributed by atoms with Crippen LogP contribution in [0.15, 0.2) is 46.7 Å². The van der Waals surface area contributed by atoms with Gasteiger partial charge in [0.05, 0.1) is 4.21 Å². The Labute approximate surface area is 127 Å². The monoisotopic (exact) mass is 307 g/mol. The van der Waals surface area contributed by atoms with E-state index in [1.807, 2.05) is 42.7 Å². The summed E-state index contributed by atoms with van der Waals surface area (Å²) in [6.07, 6.45) is 2.54. The maximum absolute atomic E-state index is 11.3. The van der Waals surface area contributed by atoms with Crippen molar-refractivity contribution in [3.63, 3.8) is 0 Å². The van der Waals surface area contributed by atoms with Gasteiger partial charge >= 0.3 is 5.97 Å². The van der Waals surface area contributed by atoms with Crippen molar-refractivity contribution < 1.29 is 9.90 Å². The van der Waals surface area contributed by atoms with Crippen LogP contribution < -0.4 is 5.32 Å². The van der Waals surface area contributed by atoms with Crippen molar-refractivity contribution in [1.29, 1.82) is 0 Å². The molecule has 0 saturated carbocycles. The number of thioether (sulfide) groups is 1. The van der Waals surface area contributed by atoms with Crippen LogP contribution in [-0.4, -0.2) is 23.4 Å². The van der Waals surface area contributed by atoms with Gasteiger partial charge in [0.25, 0.3) is 0 Å². The first kappa shape index (κ1) is 15.1. The molecule has 0 amide bonds. The average Bonchev–Trinajstić information content (AvgIpc) is 2.92. The Morgan fingerprint density at radius 3 is 2.65 bits per heavy atom. The summed E-state index contributed by atoms with van der Waals surface area (Å²) in [5.74, 6) is -0.810. The molecule has 106 valence electrons. The Balaban J connectivity index is 1.94. The lowest BCUT2D eigenvalue weighted by molar-refractivity contribution is -0.139. The van der Waals surface area contributed by atoms with Gasteiger partial charge in [0, 0.05) is 11.4 Å². The van der Waals surface area contributed by atoms with Gasteiger partial charge in [-0.05, 0) is 30.4 Å². The predicted molar refractivity (Wildman–Crippen MR) is 84.5 cm³/mol. The van der Waals surface area contributed by atoms with Crippen LogP contribution in [0.4, 0.5) is 0 Å². The van der Waals surface area contributed by atoms with Crippen LogP contribution in [0, 0.1) is 0 Å². The summed E-state index contributed by atoms with van der Waals surface area (Å²) >= 11 is 3.41. The molecule has 0 radical (unpaired) electrons. The molecule has 0 aliphatic carbocycles. The molecule has 2 aromatic rings. The highest BCUT2D eigenvalue weighted by Crippen LogP contribution is 2.25. The summed E-state index contributed by atoms with van der Waals surface area (Å²) in [6, 6.07) is 13.3. The van der Waals surface area contributed by atoms with E-state index in [4.69, 9.17) is 0 Å². The van der Waals surface area contributed by atoms with Gasteiger partial charge < -0.3 is 5.11 Å². The number of hydrogen-bond acceptors (Lipinski definition) is 4. The van der Waals surface area contributed by atoms with Gasteiger partial charge in [-0.15, -0.1) is 23.1 Å². The molecular weight excluding hydrogens is 290 g/mol. The smallest absolute Gasteiger partial charge is 0.321 e. The zero-order chi connectivity index (χ0) is 14.4. The number of thiophene rings is 1. The van der Waals surface area contributed by atoms with E-state index in [1.165, 1.54) is 4.21 Å². The minimum Gasteiger partial charge on any atom is -0.480 e. The number of benzene rings is 1. The van der Waals surface area contributed by atoms with E-state index in [0.29, 0.717) is 13.0 Å². The Bertz CT molecular complexity index is 554. The van der Waals surface area contributed by atoms with E-state index < -0.39 is 12.0 Å². The van der Waals surface area contributed by atoms with Crippen molar-refractivity contribution >= 4 is 29.1 Å². The Morgan fingerprint density at radius 1 is 1.30 bits per heavy atom. The maximum Gasteiger partial charge on any atom is 0.321 e. The average molecular weight is 307 g/mol. The van der Waals surface area contributed by atoms with E-state index in [2.05, 4.69) is 11.4 Å². The molecule has 1 aromatic heterocycles. The van der Waals surface area contributed by atoms with E-state index in [0.717, 1.165) is 10.4 Å². The van der Waals surface area contributed by atoms with Crippen molar-refractivity contribution in [2.24, 2.45) is 0 Å². The fourth-order valence-electron chi connectivity index (χ4n) is 1.88. The Hall–Kier alpha value is -1.30. The molecular formula is C15H17NO2S2. The number of hydrogen-bond donors (Lipinski definition) is 2. The van der Waals surface area contributed by atoms with Crippen LogP contribution in [0.2, 0.25) is 0 Å². The largest absolute Gasteiger partial charge is 0.480 e. The standard InChI is InChI=1S/C15H17NO2S2/c1-19-14-8-7-12(20-14)10-16-13(15(17)18)9-11-5-3-2-4-6-11/h2-8,13,16H,9-10H2,1H3,(H,17,18)/t13-/m0/s1. The highest BCUT2D eigenvalue weighted by atomic mass is 32.2. The van der Waals surface area contributed by atoms with Crippen LogP contribution in [0.25, 0.3) is 0 Å². The third-order valence-corrected chi connectivity index (χ3v) is 5.11. The SMILES string of the molecule is CSc1ccc(CN[C@@H](Cc2ccccc2)C(=O)O)s1. The van der Waals surface area contributed by atoms with Crippen molar-refractivity contribution in [2.75, 3.05) is 6.26 Å². The highest BCUT2D eigenvalue weighted by molar-refractivity contribution is 8.00. The maximum atomic E-state index is 11.3. The predicted octanol–water partition coefficient (Wildman–Crippen LogP) is 3.26. The third kappa shape index (κ3) is 4.37. The minimum atomic E-state index is -0.810. The van der Waals surface area contributed by atoms with E-state index in [1.54, 1.807) is 23.1 Å². The molecule has 0 spiro atoms. The number of carbonyl (C=O) groups is 1. The van der Waals surface area contributed by atoms with Crippen LogP contribution in [0.1, 0.15) is 10.4 Å². The first-order valence-corrected chi connectivity index (χ1v) is 8.36. The van der Waals surface area contributed by atoms with Gasteiger partial charge in [-0.2, -0.15) is 0 Å². The molecule has 0 unspecified atom stereocenters. The highest BCUT2D eigenvalue weighted by Gasteiger charge is 2.17. The lowest BCUT2D eigenvalue weighted by Gasteiger charge is -2.13. The van der Waals surface area contributed by atoms with Gasteiger partial charge in [0.15, 0.2) is 0 Å². The van der Waals surface area contributed by atoms with Crippen molar-refractivity contribution in [3.05, 3.63) is 52.9 Å². The van der Waals surface area contributed by atoms with Crippen LogP contribution in [0.3, 0.4) is 0 Å². The second kappa shape index (κ2) is 7.47. The molecule has 0 aliphatic rings. The van der Waals surface area contributed by atoms with E-state index in [9.17, 15) is 9.90 Å². The zero-order valence-electron chi connectivity index (χ0n) is 11.2. The van der Waals surface area contributed by atoms with Gasteiger partial charge in [0.1, 0.15) is 6.04 Å². The molecule has 3 nitrogen and oxygen atoms in total. The Kier molecular flexibility index (Phi) is 5.64. The van der Waals surface area contributed by atoms with E-state index >= 15 is 0 Å². The first-order chi connectivity index (χ1) is 9.69. The van der Waals surface area contributed by atoms with Gasteiger partial charge in [0.2, 0.25) is 0 Å². The summed E-state index contributed by atoms with van der Waals surface area (Å²) in [4.78, 5) is 12.5. The fraction of sp³-hybridized carbons (Fsp3) is 0.267.